The number of likely N-dealkylation sites (N-methyl/N-ethyl adjacent to an activating group) is 1. The molecule has 1 aliphatic heterocycles. The fourth-order valence-corrected chi connectivity index (χ4v) is 3.43. The van der Waals surface area contributed by atoms with Gasteiger partial charge >= 0.3 is 0 Å². The van der Waals surface area contributed by atoms with E-state index >= 15 is 0 Å². The monoisotopic (exact) mass is 217 g/mol. The highest BCUT2D eigenvalue weighted by Crippen LogP contribution is 2.64. The van der Waals surface area contributed by atoms with Crippen LogP contribution in [0, 0.1) is 11.3 Å². The number of hydrogen-bond donors (Lipinski definition) is 0. The van der Waals surface area contributed by atoms with E-state index in [4.69, 9.17) is 0 Å². The first-order chi connectivity index (χ1) is 7.60. The number of piperidine rings is 1. The molecule has 0 aromatic heterocycles. The van der Waals surface area contributed by atoms with Crippen molar-refractivity contribution in [3.8, 4) is 0 Å². The molecule has 1 heteroatoms. The highest BCUT2D eigenvalue weighted by Gasteiger charge is 2.65. The zero-order valence-corrected chi connectivity index (χ0v) is 10.8. The summed E-state index contributed by atoms with van der Waals surface area (Å²) in [5, 5.41) is 0. The third-order valence-electron chi connectivity index (χ3n) is 4.59. The first kappa shape index (κ1) is 11.7. The summed E-state index contributed by atoms with van der Waals surface area (Å²) in [5.41, 5.74) is 3.21. The van der Waals surface area contributed by atoms with Crippen molar-refractivity contribution < 1.29 is 0 Å². The molecule has 88 valence electrons. The summed E-state index contributed by atoms with van der Waals surface area (Å²) in [6.07, 6.45) is 5.34. The van der Waals surface area contributed by atoms with Crippen molar-refractivity contribution in [2.75, 3.05) is 13.1 Å². The standard InChI is InChI=1S/C15H23N/c1-6-9-12-11(4)10-16(8-3)14-13(12)15(14,5)7-2/h6,9,13-14H,1,4,7-8,10H2,2-3,5H3/b12-9+. The second kappa shape index (κ2) is 3.89. The molecule has 0 N–H and O–H groups in total. The Morgan fingerprint density at radius 3 is 2.69 bits per heavy atom. The molecule has 0 aromatic carbocycles. The molecule has 0 aromatic rings. The molecular weight excluding hydrogens is 194 g/mol. The third-order valence-corrected chi connectivity index (χ3v) is 4.59. The first-order valence-electron chi connectivity index (χ1n) is 6.35. The number of rotatable bonds is 3. The molecule has 0 amide bonds. The van der Waals surface area contributed by atoms with Gasteiger partial charge in [0.25, 0.3) is 0 Å². The van der Waals surface area contributed by atoms with E-state index < -0.39 is 0 Å². The molecule has 1 heterocycles. The van der Waals surface area contributed by atoms with Gasteiger partial charge in [-0.05, 0) is 29.5 Å². The van der Waals surface area contributed by atoms with Crippen LogP contribution in [0.15, 0.2) is 36.5 Å². The maximum absolute atomic E-state index is 4.23. The van der Waals surface area contributed by atoms with Crippen LogP contribution in [0.25, 0.3) is 0 Å². The molecular formula is C15H23N. The van der Waals surface area contributed by atoms with Crippen molar-refractivity contribution >= 4 is 0 Å². The van der Waals surface area contributed by atoms with Crippen molar-refractivity contribution in [1.29, 1.82) is 0 Å². The molecule has 2 rings (SSSR count). The Hall–Kier alpha value is -0.820. The molecule has 0 spiro atoms. The molecule has 1 aliphatic carbocycles. The van der Waals surface area contributed by atoms with Crippen LogP contribution in [0.2, 0.25) is 0 Å². The predicted octanol–water partition coefficient (Wildman–Crippen LogP) is 3.41. The second-order valence-electron chi connectivity index (χ2n) is 5.31. The summed E-state index contributed by atoms with van der Waals surface area (Å²) in [5.74, 6) is 0.691. The van der Waals surface area contributed by atoms with Gasteiger partial charge in [-0.3, -0.25) is 4.90 Å². The minimum atomic E-state index is 0.463. The minimum Gasteiger partial charge on any atom is -0.295 e. The highest BCUT2D eigenvalue weighted by molar-refractivity contribution is 5.46. The van der Waals surface area contributed by atoms with E-state index in [-0.39, 0.29) is 0 Å². The Labute approximate surface area is 99.5 Å². The van der Waals surface area contributed by atoms with Crippen molar-refractivity contribution in [2.24, 2.45) is 11.3 Å². The molecule has 1 saturated carbocycles. The van der Waals surface area contributed by atoms with Gasteiger partial charge < -0.3 is 0 Å². The SMILES string of the molecule is C=C/C=C1\C(=C)CN(CC)C2C1C2(C)CC. The quantitative estimate of drug-likeness (QED) is 0.700. The van der Waals surface area contributed by atoms with Gasteiger partial charge in [-0.25, -0.2) is 0 Å². The second-order valence-corrected chi connectivity index (χ2v) is 5.31. The van der Waals surface area contributed by atoms with Gasteiger partial charge in [0.2, 0.25) is 0 Å². The number of allylic oxidation sites excluding steroid dienone is 2. The Bertz CT molecular complexity index is 352. The van der Waals surface area contributed by atoms with Gasteiger partial charge in [0.05, 0.1) is 0 Å². The third kappa shape index (κ3) is 1.41. The number of likely N-dealkylation sites (tertiary alicyclic amines) is 1. The molecule has 2 fully saturated rings. The summed E-state index contributed by atoms with van der Waals surface area (Å²) in [7, 11) is 0. The smallest absolute Gasteiger partial charge is 0.0234 e. The summed E-state index contributed by atoms with van der Waals surface area (Å²) in [6, 6.07) is 0.735. The van der Waals surface area contributed by atoms with Gasteiger partial charge in [-0.1, -0.05) is 46.1 Å². The zero-order chi connectivity index (χ0) is 11.9. The summed E-state index contributed by atoms with van der Waals surface area (Å²) < 4.78 is 0. The fraction of sp³-hybridized carbons (Fsp3) is 0.600. The lowest BCUT2D eigenvalue weighted by Gasteiger charge is -2.28. The van der Waals surface area contributed by atoms with Crippen LogP contribution in [-0.2, 0) is 0 Å². The predicted molar refractivity (Wildman–Crippen MR) is 70.3 cm³/mol. The van der Waals surface area contributed by atoms with Crippen molar-refractivity contribution in [3.63, 3.8) is 0 Å². The largest absolute Gasteiger partial charge is 0.295 e. The lowest BCUT2D eigenvalue weighted by atomic mass is 9.93. The molecule has 0 bridgehead atoms. The number of fused-ring (bicyclic) bond motifs is 1. The minimum absolute atomic E-state index is 0.463. The lowest BCUT2D eigenvalue weighted by Crippen LogP contribution is -2.34. The van der Waals surface area contributed by atoms with Crippen LogP contribution in [0.3, 0.4) is 0 Å². The highest BCUT2D eigenvalue weighted by atomic mass is 15.2. The maximum Gasteiger partial charge on any atom is 0.0234 e. The Morgan fingerprint density at radius 1 is 1.50 bits per heavy atom. The Balaban J connectivity index is 2.33. The zero-order valence-electron chi connectivity index (χ0n) is 10.8. The van der Waals surface area contributed by atoms with E-state index in [9.17, 15) is 0 Å². The first-order valence-corrected chi connectivity index (χ1v) is 6.35. The van der Waals surface area contributed by atoms with Crippen LogP contribution >= 0.6 is 0 Å². The normalized spacial score (nSPS) is 40.9. The maximum atomic E-state index is 4.23. The molecule has 3 atom stereocenters. The number of nitrogens with zero attached hydrogens (tertiary/aromatic N) is 1. The lowest BCUT2D eigenvalue weighted by molar-refractivity contribution is 0.252. The van der Waals surface area contributed by atoms with Crippen LogP contribution in [0.4, 0.5) is 0 Å². The van der Waals surface area contributed by atoms with Crippen LogP contribution in [0.5, 0.6) is 0 Å². The van der Waals surface area contributed by atoms with Gasteiger partial charge in [-0.2, -0.15) is 0 Å². The topological polar surface area (TPSA) is 3.24 Å². The molecule has 1 saturated heterocycles. The van der Waals surface area contributed by atoms with E-state index in [2.05, 4.69) is 44.9 Å². The molecule has 1 nitrogen and oxygen atoms in total. The number of hydrogen-bond acceptors (Lipinski definition) is 1. The molecule has 0 radical (unpaired) electrons. The van der Waals surface area contributed by atoms with Crippen molar-refractivity contribution in [2.45, 2.75) is 33.2 Å². The average Bonchev–Trinajstić information content (AvgIpc) is 2.90. The van der Waals surface area contributed by atoms with E-state index in [0.717, 1.165) is 19.1 Å². The summed E-state index contributed by atoms with van der Waals surface area (Å²) in [4.78, 5) is 2.58. The summed E-state index contributed by atoms with van der Waals surface area (Å²) in [6.45, 7) is 17.2. The Kier molecular flexibility index (Phi) is 2.83. The van der Waals surface area contributed by atoms with Gasteiger partial charge in [-0.15, -0.1) is 0 Å². The van der Waals surface area contributed by atoms with Gasteiger partial charge in [0.1, 0.15) is 0 Å². The fourth-order valence-electron chi connectivity index (χ4n) is 3.43. The van der Waals surface area contributed by atoms with Crippen molar-refractivity contribution in [1.82, 2.24) is 4.90 Å². The van der Waals surface area contributed by atoms with Crippen LogP contribution < -0.4 is 0 Å². The van der Waals surface area contributed by atoms with E-state index in [1.165, 1.54) is 17.6 Å². The van der Waals surface area contributed by atoms with Crippen molar-refractivity contribution in [3.05, 3.63) is 36.5 Å². The molecule has 2 aliphatic rings. The van der Waals surface area contributed by atoms with Crippen LogP contribution in [-0.4, -0.2) is 24.0 Å². The molecule has 16 heavy (non-hydrogen) atoms. The van der Waals surface area contributed by atoms with Gasteiger partial charge in [0, 0.05) is 18.5 Å². The van der Waals surface area contributed by atoms with Crippen LogP contribution in [0.1, 0.15) is 27.2 Å². The van der Waals surface area contributed by atoms with Gasteiger partial charge in [0.15, 0.2) is 0 Å². The summed E-state index contributed by atoms with van der Waals surface area (Å²) >= 11 is 0. The Morgan fingerprint density at radius 2 is 2.19 bits per heavy atom. The van der Waals surface area contributed by atoms with E-state index in [0.29, 0.717) is 11.3 Å². The average molecular weight is 217 g/mol. The van der Waals surface area contributed by atoms with E-state index in [1.807, 2.05) is 6.08 Å². The molecule has 3 unspecified atom stereocenters. The van der Waals surface area contributed by atoms with E-state index in [1.54, 1.807) is 0 Å².